The third-order valence-electron chi connectivity index (χ3n) is 5.42. The summed E-state index contributed by atoms with van der Waals surface area (Å²) in [7, 11) is 0. The molecular formula is C23H26Cl2N4O5. The van der Waals surface area contributed by atoms with Gasteiger partial charge in [0, 0.05) is 17.2 Å². The number of nitrogens with zero attached hydrogens (tertiary/aromatic N) is 1. The zero-order chi connectivity index (χ0) is 24.8. The van der Waals surface area contributed by atoms with Crippen LogP contribution in [0.2, 0.25) is 10.0 Å². The Kier molecular flexibility index (Phi) is 8.71. The van der Waals surface area contributed by atoms with Gasteiger partial charge in [-0.05, 0) is 56.1 Å². The summed E-state index contributed by atoms with van der Waals surface area (Å²) in [6.07, 6.45) is 1.61. The van der Waals surface area contributed by atoms with Crippen molar-refractivity contribution in [3.63, 3.8) is 0 Å². The molecule has 2 aromatic rings. The number of nitrogens with one attached hydrogen (secondary N) is 3. The third-order valence-corrected chi connectivity index (χ3v) is 5.97. The lowest BCUT2D eigenvalue weighted by atomic mass is 10.0. The Morgan fingerprint density at radius 2 is 1.85 bits per heavy atom. The minimum atomic E-state index is -0.913. The smallest absolute Gasteiger partial charge is 0.271 e. The number of amides is 2. The van der Waals surface area contributed by atoms with Gasteiger partial charge in [0.05, 0.1) is 21.2 Å². The fourth-order valence-electron chi connectivity index (χ4n) is 3.56. The summed E-state index contributed by atoms with van der Waals surface area (Å²) in [6, 6.07) is 7.63. The normalized spacial score (nSPS) is 15.0. The fraction of sp³-hybridized carbons (Fsp3) is 0.391. The lowest BCUT2D eigenvalue weighted by Crippen LogP contribution is -2.47. The second-order valence-corrected chi connectivity index (χ2v) is 9.16. The lowest BCUT2D eigenvalue weighted by molar-refractivity contribution is -0.384. The quantitative estimate of drug-likeness (QED) is 0.358. The maximum atomic E-state index is 13.2. The monoisotopic (exact) mass is 508 g/mol. The van der Waals surface area contributed by atoms with Crippen molar-refractivity contribution in [1.29, 1.82) is 0 Å². The molecule has 1 fully saturated rings. The molecule has 0 aliphatic carbocycles. The maximum Gasteiger partial charge on any atom is 0.271 e. The number of halogens is 2. The van der Waals surface area contributed by atoms with Crippen molar-refractivity contribution in [2.24, 2.45) is 5.92 Å². The zero-order valence-electron chi connectivity index (χ0n) is 18.8. The van der Waals surface area contributed by atoms with E-state index in [2.05, 4.69) is 16.0 Å². The molecule has 182 valence electrons. The first kappa shape index (κ1) is 25.7. The Hall–Kier alpha value is -2.88. The molecule has 0 spiro atoms. The van der Waals surface area contributed by atoms with Crippen molar-refractivity contribution >= 4 is 46.4 Å². The van der Waals surface area contributed by atoms with Gasteiger partial charge >= 0.3 is 0 Å². The van der Waals surface area contributed by atoms with Crippen LogP contribution in [0.3, 0.4) is 0 Å². The Balaban J connectivity index is 1.76. The second kappa shape index (κ2) is 11.5. The highest BCUT2D eigenvalue weighted by atomic mass is 35.5. The van der Waals surface area contributed by atoms with Gasteiger partial charge in [0.25, 0.3) is 11.6 Å². The number of hydrogen-bond acceptors (Lipinski definition) is 6. The van der Waals surface area contributed by atoms with E-state index in [0.717, 1.165) is 32.0 Å². The predicted octanol–water partition coefficient (Wildman–Crippen LogP) is 4.43. The average Bonchev–Trinajstić information content (AvgIpc) is 2.80. The number of ether oxygens (including phenoxy) is 1. The molecule has 9 nitrogen and oxygen atoms in total. The van der Waals surface area contributed by atoms with E-state index in [9.17, 15) is 19.7 Å². The van der Waals surface area contributed by atoms with E-state index >= 15 is 0 Å². The van der Waals surface area contributed by atoms with Crippen LogP contribution in [0.15, 0.2) is 36.4 Å². The molecule has 34 heavy (non-hydrogen) atoms. The zero-order valence-corrected chi connectivity index (χ0v) is 20.3. The molecule has 1 aliphatic heterocycles. The summed E-state index contributed by atoms with van der Waals surface area (Å²) in [5.74, 6) is -0.888. The van der Waals surface area contributed by atoms with Gasteiger partial charge in [0.15, 0.2) is 0 Å². The van der Waals surface area contributed by atoms with Crippen molar-refractivity contribution in [3.8, 4) is 5.75 Å². The van der Waals surface area contributed by atoms with Crippen molar-refractivity contribution < 1.29 is 19.2 Å². The van der Waals surface area contributed by atoms with Crippen LogP contribution in [0.1, 0.15) is 37.0 Å². The first-order valence-electron chi connectivity index (χ1n) is 10.9. The lowest BCUT2D eigenvalue weighted by Gasteiger charge is -2.26. The molecule has 0 bridgehead atoms. The number of nitro benzene ring substituents is 1. The molecular weight excluding hydrogens is 483 g/mol. The third kappa shape index (κ3) is 6.59. The first-order chi connectivity index (χ1) is 16.2. The molecule has 1 aliphatic rings. The van der Waals surface area contributed by atoms with Gasteiger partial charge in [-0.2, -0.15) is 0 Å². The van der Waals surface area contributed by atoms with Crippen LogP contribution in [-0.4, -0.2) is 42.0 Å². The number of non-ortho nitro benzene ring substituents is 1. The predicted molar refractivity (Wildman–Crippen MR) is 131 cm³/mol. The number of benzene rings is 2. The van der Waals surface area contributed by atoms with Gasteiger partial charge in [-0.15, -0.1) is 0 Å². The van der Waals surface area contributed by atoms with E-state index in [1.807, 2.05) is 0 Å². The standard InChI is InChI=1S/C23H26Cl2N4O5/c1-13(2)21(23(31)27-19-5-4-15(29(32)33)12-18(19)25)28-22(30)17-11-14(24)3-6-20(17)34-16-7-9-26-10-8-16/h3-6,11-13,16,21,26H,7-10H2,1-2H3,(H,27,31)(H,28,30)/t21-/m0/s1. The van der Waals surface area contributed by atoms with Crippen LogP contribution in [-0.2, 0) is 4.79 Å². The van der Waals surface area contributed by atoms with Crippen molar-refractivity contribution in [2.75, 3.05) is 18.4 Å². The number of hydrogen-bond donors (Lipinski definition) is 3. The van der Waals surface area contributed by atoms with Crippen molar-refractivity contribution in [2.45, 2.75) is 38.8 Å². The summed E-state index contributed by atoms with van der Waals surface area (Å²) in [6.45, 7) is 5.24. The van der Waals surface area contributed by atoms with E-state index in [4.69, 9.17) is 27.9 Å². The van der Waals surface area contributed by atoms with E-state index in [-0.39, 0.29) is 34.0 Å². The van der Waals surface area contributed by atoms with Gasteiger partial charge in [-0.3, -0.25) is 19.7 Å². The number of carbonyl (C=O) groups is 2. The van der Waals surface area contributed by atoms with Gasteiger partial charge in [-0.1, -0.05) is 37.0 Å². The summed E-state index contributed by atoms with van der Waals surface area (Å²) in [5.41, 5.74) is 0.242. The molecule has 2 amide bonds. The van der Waals surface area contributed by atoms with E-state index < -0.39 is 22.8 Å². The Labute approximate surface area is 207 Å². The number of rotatable bonds is 8. The average molecular weight is 509 g/mol. The molecule has 0 saturated carbocycles. The number of anilines is 1. The summed E-state index contributed by atoms with van der Waals surface area (Å²) < 4.78 is 6.07. The van der Waals surface area contributed by atoms with Gasteiger partial charge < -0.3 is 20.7 Å². The Morgan fingerprint density at radius 1 is 1.15 bits per heavy atom. The van der Waals surface area contributed by atoms with Crippen LogP contribution in [0.25, 0.3) is 0 Å². The molecule has 2 aromatic carbocycles. The van der Waals surface area contributed by atoms with Crippen LogP contribution in [0, 0.1) is 16.0 Å². The van der Waals surface area contributed by atoms with Gasteiger partial charge in [0.2, 0.25) is 5.91 Å². The molecule has 0 aromatic heterocycles. The van der Waals surface area contributed by atoms with E-state index in [1.54, 1.807) is 26.0 Å². The van der Waals surface area contributed by atoms with Crippen LogP contribution < -0.4 is 20.7 Å². The minimum absolute atomic E-state index is 0.0175. The van der Waals surface area contributed by atoms with Crippen LogP contribution in [0.4, 0.5) is 11.4 Å². The minimum Gasteiger partial charge on any atom is -0.489 e. The topological polar surface area (TPSA) is 123 Å². The summed E-state index contributed by atoms with van der Waals surface area (Å²) in [4.78, 5) is 36.5. The van der Waals surface area contributed by atoms with Crippen LogP contribution in [0.5, 0.6) is 5.75 Å². The Bertz CT molecular complexity index is 1070. The maximum absolute atomic E-state index is 13.2. The highest BCUT2D eigenvalue weighted by Crippen LogP contribution is 2.28. The Morgan fingerprint density at radius 3 is 2.47 bits per heavy atom. The van der Waals surface area contributed by atoms with Crippen LogP contribution >= 0.6 is 23.2 Å². The van der Waals surface area contributed by atoms with Crippen molar-refractivity contribution in [3.05, 3.63) is 62.1 Å². The highest BCUT2D eigenvalue weighted by molar-refractivity contribution is 6.34. The molecule has 0 radical (unpaired) electrons. The molecule has 3 N–H and O–H groups in total. The van der Waals surface area contributed by atoms with Crippen molar-refractivity contribution in [1.82, 2.24) is 10.6 Å². The second-order valence-electron chi connectivity index (χ2n) is 8.31. The molecule has 0 unspecified atom stereocenters. The summed E-state index contributed by atoms with van der Waals surface area (Å²) in [5, 5.41) is 19.9. The van der Waals surface area contributed by atoms with E-state index in [0.29, 0.717) is 10.8 Å². The van der Waals surface area contributed by atoms with E-state index in [1.165, 1.54) is 18.2 Å². The molecule has 11 heteroatoms. The van der Waals surface area contributed by atoms with Gasteiger partial charge in [-0.25, -0.2) is 0 Å². The molecule has 1 heterocycles. The number of nitro groups is 1. The first-order valence-corrected chi connectivity index (χ1v) is 11.6. The molecule has 1 atom stereocenters. The fourth-order valence-corrected chi connectivity index (χ4v) is 3.95. The molecule has 1 saturated heterocycles. The largest absolute Gasteiger partial charge is 0.489 e. The van der Waals surface area contributed by atoms with Gasteiger partial charge in [0.1, 0.15) is 17.9 Å². The summed E-state index contributed by atoms with van der Waals surface area (Å²) >= 11 is 12.2. The SMILES string of the molecule is CC(C)[C@H](NC(=O)c1cc(Cl)ccc1OC1CCNCC1)C(=O)Nc1ccc([N+](=O)[O-])cc1Cl. The number of carbonyl (C=O) groups excluding carboxylic acids is 2. The molecule has 3 rings (SSSR count). The number of piperidine rings is 1. The highest BCUT2D eigenvalue weighted by Gasteiger charge is 2.27.